The molecule has 0 aliphatic carbocycles. The summed E-state index contributed by atoms with van der Waals surface area (Å²) in [6.07, 6.45) is -0.0776. The smallest absolute Gasteiger partial charge is 0.311 e. The van der Waals surface area contributed by atoms with Crippen LogP contribution in [0.4, 0.5) is 15.8 Å². The maximum atomic E-state index is 13.9. The predicted octanol–water partition coefficient (Wildman–Crippen LogP) is 2.98. The fourth-order valence-electron chi connectivity index (χ4n) is 3.08. The van der Waals surface area contributed by atoms with E-state index in [-0.39, 0.29) is 24.6 Å². The lowest BCUT2D eigenvalue weighted by atomic mass is 10.1. The third-order valence-corrected chi connectivity index (χ3v) is 4.61. The summed E-state index contributed by atoms with van der Waals surface area (Å²) in [4.78, 5) is 37.7. The molecule has 1 heterocycles. The molecular formula is C21H21FN2O4. The molecule has 1 fully saturated rings. The van der Waals surface area contributed by atoms with Gasteiger partial charge >= 0.3 is 5.97 Å². The quantitative estimate of drug-likeness (QED) is 0.804. The average Bonchev–Trinajstić information content (AvgIpc) is 3.05. The summed E-state index contributed by atoms with van der Waals surface area (Å²) in [5, 5.41) is 2.70. The Morgan fingerprint density at radius 2 is 1.96 bits per heavy atom. The number of benzene rings is 2. The SMILES string of the molecule is Cc1ccc(C)c(NC(=O)COC(=O)[C@@H]2CC(=O)N(c3ccccc3F)C2)c1. The number of hydrogen-bond donors (Lipinski definition) is 1. The number of carbonyl (C=O) groups is 3. The monoisotopic (exact) mass is 384 g/mol. The first-order valence-corrected chi connectivity index (χ1v) is 8.94. The number of anilines is 2. The number of halogens is 1. The number of ether oxygens (including phenoxy) is 1. The van der Waals surface area contributed by atoms with Gasteiger partial charge < -0.3 is 15.0 Å². The molecule has 1 atom stereocenters. The summed E-state index contributed by atoms with van der Waals surface area (Å²) in [6.45, 7) is 3.35. The molecule has 2 amide bonds. The Kier molecular flexibility index (Phi) is 5.73. The van der Waals surface area contributed by atoms with Crippen molar-refractivity contribution in [3.63, 3.8) is 0 Å². The van der Waals surface area contributed by atoms with Gasteiger partial charge in [0.25, 0.3) is 5.91 Å². The van der Waals surface area contributed by atoms with Crippen molar-refractivity contribution in [1.82, 2.24) is 0 Å². The first kappa shape index (κ1) is 19.5. The van der Waals surface area contributed by atoms with Crippen LogP contribution in [0.25, 0.3) is 0 Å². The number of nitrogens with zero attached hydrogens (tertiary/aromatic N) is 1. The standard InChI is InChI=1S/C21H21FN2O4/c1-13-7-8-14(2)17(9-13)23-19(25)12-28-21(27)15-10-20(26)24(11-15)18-6-4-3-5-16(18)22/h3-9,15H,10-12H2,1-2H3,(H,23,25)/t15-/m1/s1. The van der Waals surface area contributed by atoms with Crippen molar-refractivity contribution in [3.8, 4) is 0 Å². The first-order chi connectivity index (χ1) is 13.3. The number of hydrogen-bond acceptors (Lipinski definition) is 4. The number of para-hydroxylation sites is 1. The lowest BCUT2D eigenvalue weighted by Crippen LogP contribution is -2.28. The minimum absolute atomic E-state index is 0.0250. The second-order valence-corrected chi connectivity index (χ2v) is 6.83. The molecule has 0 radical (unpaired) electrons. The van der Waals surface area contributed by atoms with E-state index in [0.29, 0.717) is 5.69 Å². The highest BCUT2D eigenvalue weighted by Gasteiger charge is 2.37. The third kappa shape index (κ3) is 4.36. The van der Waals surface area contributed by atoms with Crippen LogP contribution >= 0.6 is 0 Å². The van der Waals surface area contributed by atoms with E-state index in [0.717, 1.165) is 11.1 Å². The number of carbonyl (C=O) groups excluding carboxylic acids is 3. The molecule has 3 rings (SSSR count). The fraction of sp³-hybridized carbons (Fsp3) is 0.286. The number of rotatable bonds is 5. The molecule has 0 unspecified atom stereocenters. The van der Waals surface area contributed by atoms with Gasteiger partial charge in [0.15, 0.2) is 6.61 Å². The zero-order valence-corrected chi connectivity index (χ0v) is 15.7. The molecule has 7 heteroatoms. The van der Waals surface area contributed by atoms with Crippen molar-refractivity contribution < 1.29 is 23.5 Å². The maximum absolute atomic E-state index is 13.9. The van der Waals surface area contributed by atoms with Gasteiger partial charge in [0.1, 0.15) is 5.82 Å². The minimum atomic E-state index is -0.736. The second kappa shape index (κ2) is 8.21. The Balaban J connectivity index is 1.55. The Morgan fingerprint density at radius 3 is 2.71 bits per heavy atom. The highest BCUT2D eigenvalue weighted by molar-refractivity contribution is 6.00. The van der Waals surface area contributed by atoms with Crippen molar-refractivity contribution in [1.29, 1.82) is 0 Å². The van der Waals surface area contributed by atoms with Crippen LogP contribution in [-0.4, -0.2) is 30.9 Å². The van der Waals surface area contributed by atoms with E-state index in [1.54, 1.807) is 6.07 Å². The van der Waals surface area contributed by atoms with Crippen molar-refractivity contribution in [2.75, 3.05) is 23.4 Å². The van der Waals surface area contributed by atoms with Crippen LogP contribution in [0, 0.1) is 25.6 Å². The van der Waals surface area contributed by atoms with E-state index in [2.05, 4.69) is 5.32 Å². The van der Waals surface area contributed by atoms with Gasteiger partial charge in [-0.15, -0.1) is 0 Å². The Hall–Kier alpha value is -3.22. The fourth-order valence-corrected chi connectivity index (χ4v) is 3.08. The minimum Gasteiger partial charge on any atom is -0.455 e. The Labute approximate surface area is 162 Å². The second-order valence-electron chi connectivity index (χ2n) is 6.83. The van der Waals surface area contributed by atoms with Gasteiger partial charge in [-0.25, -0.2) is 4.39 Å². The topological polar surface area (TPSA) is 75.7 Å². The summed E-state index contributed by atoms with van der Waals surface area (Å²) >= 11 is 0. The summed E-state index contributed by atoms with van der Waals surface area (Å²) in [7, 11) is 0. The van der Waals surface area contributed by atoms with Crippen LogP contribution in [-0.2, 0) is 19.1 Å². The van der Waals surface area contributed by atoms with E-state index in [1.165, 1.54) is 23.1 Å². The van der Waals surface area contributed by atoms with Crippen LogP contribution in [0.15, 0.2) is 42.5 Å². The van der Waals surface area contributed by atoms with Crippen LogP contribution in [0.5, 0.6) is 0 Å². The predicted molar refractivity (Wildman–Crippen MR) is 102 cm³/mol. The number of esters is 1. The van der Waals surface area contributed by atoms with Crippen LogP contribution in [0.2, 0.25) is 0 Å². The average molecular weight is 384 g/mol. The number of aryl methyl sites for hydroxylation is 2. The van der Waals surface area contributed by atoms with E-state index in [9.17, 15) is 18.8 Å². The van der Waals surface area contributed by atoms with Crippen molar-refractivity contribution in [2.24, 2.45) is 5.92 Å². The molecule has 1 saturated heterocycles. The van der Waals surface area contributed by atoms with Crippen molar-refractivity contribution in [3.05, 3.63) is 59.4 Å². The maximum Gasteiger partial charge on any atom is 0.311 e. The summed E-state index contributed by atoms with van der Waals surface area (Å²) in [5.74, 6) is -2.73. The van der Waals surface area contributed by atoms with Crippen LogP contribution < -0.4 is 10.2 Å². The molecule has 6 nitrogen and oxygen atoms in total. The number of nitrogens with one attached hydrogen (secondary N) is 1. The lowest BCUT2D eigenvalue weighted by molar-refractivity contribution is -0.151. The van der Waals surface area contributed by atoms with Gasteiger partial charge in [0, 0.05) is 18.7 Å². The summed E-state index contributed by atoms with van der Waals surface area (Å²) in [5.41, 5.74) is 2.68. The van der Waals surface area contributed by atoms with Gasteiger partial charge in [-0.3, -0.25) is 14.4 Å². The summed E-state index contributed by atoms with van der Waals surface area (Å²) < 4.78 is 19.0. The van der Waals surface area contributed by atoms with Gasteiger partial charge in [0.05, 0.1) is 11.6 Å². The van der Waals surface area contributed by atoms with E-state index < -0.39 is 30.2 Å². The molecule has 0 saturated carbocycles. The van der Waals surface area contributed by atoms with Crippen molar-refractivity contribution in [2.45, 2.75) is 20.3 Å². The van der Waals surface area contributed by atoms with Gasteiger partial charge in [-0.2, -0.15) is 0 Å². The molecule has 2 aromatic carbocycles. The molecule has 0 aromatic heterocycles. The highest BCUT2D eigenvalue weighted by atomic mass is 19.1. The third-order valence-electron chi connectivity index (χ3n) is 4.61. The first-order valence-electron chi connectivity index (χ1n) is 8.94. The molecule has 1 aliphatic heterocycles. The molecule has 1 aliphatic rings. The molecule has 0 bridgehead atoms. The zero-order valence-electron chi connectivity index (χ0n) is 15.7. The van der Waals surface area contributed by atoms with Crippen LogP contribution in [0.3, 0.4) is 0 Å². The van der Waals surface area contributed by atoms with E-state index >= 15 is 0 Å². The normalized spacial score (nSPS) is 16.2. The molecule has 1 N–H and O–H groups in total. The van der Waals surface area contributed by atoms with Gasteiger partial charge in [0.2, 0.25) is 5.91 Å². The van der Waals surface area contributed by atoms with Crippen LogP contribution in [0.1, 0.15) is 17.5 Å². The van der Waals surface area contributed by atoms with E-state index in [1.807, 2.05) is 32.0 Å². The zero-order chi connectivity index (χ0) is 20.3. The summed E-state index contributed by atoms with van der Waals surface area (Å²) in [6, 6.07) is 11.5. The lowest BCUT2D eigenvalue weighted by Gasteiger charge is -2.17. The van der Waals surface area contributed by atoms with Crippen molar-refractivity contribution >= 4 is 29.2 Å². The van der Waals surface area contributed by atoms with E-state index in [4.69, 9.17) is 4.74 Å². The molecule has 0 spiro atoms. The molecule has 2 aromatic rings. The van der Waals surface area contributed by atoms with Gasteiger partial charge in [-0.1, -0.05) is 24.3 Å². The highest BCUT2D eigenvalue weighted by Crippen LogP contribution is 2.27. The van der Waals surface area contributed by atoms with Gasteiger partial charge in [-0.05, 0) is 43.2 Å². The molecule has 28 heavy (non-hydrogen) atoms. The number of amides is 2. The Morgan fingerprint density at radius 1 is 1.21 bits per heavy atom. The molecule has 146 valence electrons. The largest absolute Gasteiger partial charge is 0.455 e. The Bertz CT molecular complexity index is 928. The molecular weight excluding hydrogens is 363 g/mol.